The molecule has 0 amide bonds. The van der Waals surface area contributed by atoms with Crippen LogP contribution in [0.3, 0.4) is 0 Å². The monoisotopic (exact) mass is 258 g/mol. The fourth-order valence-corrected chi connectivity index (χ4v) is 6.47. The van der Waals surface area contributed by atoms with Crippen molar-refractivity contribution in [1.82, 2.24) is 0 Å². The van der Waals surface area contributed by atoms with Gasteiger partial charge < -0.3 is 5.11 Å². The average molecular weight is 258 g/mol. The van der Waals surface area contributed by atoms with Crippen LogP contribution >= 0.6 is 23.5 Å². The van der Waals surface area contributed by atoms with E-state index in [1.165, 1.54) is 24.3 Å². The largest absolute Gasteiger partial charge is 0.396 e. The third-order valence-electron chi connectivity index (χ3n) is 3.70. The minimum Gasteiger partial charge on any atom is -0.396 e. The van der Waals surface area contributed by atoms with Gasteiger partial charge in [-0.15, -0.1) is 23.5 Å². The lowest BCUT2D eigenvalue weighted by Gasteiger charge is -2.39. The molecule has 16 heavy (non-hydrogen) atoms. The predicted molar refractivity (Wildman–Crippen MR) is 74.9 cm³/mol. The topological polar surface area (TPSA) is 20.2 Å². The second-order valence-electron chi connectivity index (χ2n) is 4.84. The van der Waals surface area contributed by atoms with E-state index in [9.17, 15) is 5.11 Å². The molecule has 0 aromatic rings. The number of allylic oxidation sites excluding steroid dienone is 2. The molecule has 0 aromatic carbocycles. The number of hydrogen-bond acceptors (Lipinski definition) is 3. The number of aliphatic hydroxyl groups excluding tert-OH is 1. The third kappa shape index (κ3) is 2.99. The van der Waals surface area contributed by atoms with E-state index < -0.39 is 0 Å². The minimum absolute atomic E-state index is 0.351. The van der Waals surface area contributed by atoms with Gasteiger partial charge in [0, 0.05) is 6.61 Å². The van der Waals surface area contributed by atoms with Crippen molar-refractivity contribution < 1.29 is 5.11 Å². The Kier molecular flexibility index (Phi) is 5.11. The first kappa shape index (κ1) is 12.8. The molecule has 2 aliphatic rings. The zero-order valence-corrected chi connectivity index (χ0v) is 11.6. The van der Waals surface area contributed by atoms with Crippen LogP contribution in [0.2, 0.25) is 0 Å². The molecule has 92 valence electrons. The summed E-state index contributed by atoms with van der Waals surface area (Å²) in [5, 5.41) is 9.18. The van der Waals surface area contributed by atoms with Crippen molar-refractivity contribution in [1.29, 1.82) is 0 Å². The smallest absolute Gasteiger partial charge is 0.0538 e. The quantitative estimate of drug-likeness (QED) is 0.784. The van der Waals surface area contributed by atoms with Gasteiger partial charge in [0.2, 0.25) is 0 Å². The molecule has 2 rings (SSSR count). The van der Waals surface area contributed by atoms with Crippen LogP contribution in [-0.4, -0.2) is 27.8 Å². The number of hydrogen-bond donors (Lipinski definition) is 1. The molecule has 1 aliphatic heterocycles. The molecule has 0 unspecified atom stereocenters. The summed E-state index contributed by atoms with van der Waals surface area (Å²) < 4.78 is 0.769. The average Bonchev–Trinajstić information content (AvgIpc) is 2.31. The van der Waals surface area contributed by atoms with Crippen molar-refractivity contribution >= 4 is 23.5 Å². The van der Waals surface area contributed by atoms with Gasteiger partial charge >= 0.3 is 0 Å². The Morgan fingerprint density at radius 1 is 1.31 bits per heavy atom. The lowest BCUT2D eigenvalue weighted by molar-refractivity contribution is 0.199. The predicted octanol–water partition coefficient (Wildman–Crippen LogP) is 3.39. The van der Waals surface area contributed by atoms with Crippen LogP contribution in [0.15, 0.2) is 12.2 Å². The van der Waals surface area contributed by atoms with Gasteiger partial charge in [0.05, 0.1) is 4.58 Å². The van der Waals surface area contributed by atoms with Crippen molar-refractivity contribution in [3.05, 3.63) is 12.2 Å². The van der Waals surface area contributed by atoms with Crippen molar-refractivity contribution in [2.24, 2.45) is 17.8 Å². The van der Waals surface area contributed by atoms with E-state index in [0.717, 1.165) is 16.9 Å². The molecule has 1 fully saturated rings. The van der Waals surface area contributed by atoms with Crippen LogP contribution in [0.25, 0.3) is 0 Å². The maximum atomic E-state index is 9.18. The Morgan fingerprint density at radius 3 is 2.75 bits per heavy atom. The number of thioether (sulfide) groups is 2. The Hall–Kier alpha value is 0.400. The molecule has 0 aromatic heterocycles. The zero-order valence-electron chi connectivity index (χ0n) is 9.97. The molecule has 0 radical (unpaired) electrons. The Morgan fingerprint density at radius 2 is 2.06 bits per heavy atom. The fourth-order valence-electron chi connectivity index (χ4n) is 2.86. The summed E-state index contributed by atoms with van der Waals surface area (Å²) in [6.07, 6.45) is 8.23. The van der Waals surface area contributed by atoms with E-state index in [4.69, 9.17) is 0 Å². The van der Waals surface area contributed by atoms with Gasteiger partial charge in [0.15, 0.2) is 0 Å². The van der Waals surface area contributed by atoms with E-state index in [-0.39, 0.29) is 0 Å². The van der Waals surface area contributed by atoms with Gasteiger partial charge in [0.1, 0.15) is 0 Å². The summed E-state index contributed by atoms with van der Waals surface area (Å²) in [7, 11) is 0. The SMILES string of the molecule is C[C@@H]1C=CC[C@H](CCO)[C@@H]1C1SCCCS1. The van der Waals surface area contributed by atoms with Crippen molar-refractivity contribution in [2.45, 2.75) is 30.8 Å². The molecule has 1 saturated heterocycles. The summed E-state index contributed by atoms with van der Waals surface area (Å²) in [4.78, 5) is 0. The molecule has 1 nitrogen and oxygen atoms in total. The summed E-state index contributed by atoms with van der Waals surface area (Å²) >= 11 is 4.30. The molecule has 3 atom stereocenters. The standard InChI is InChI=1S/C13H22OS2/c1-10-4-2-5-11(6-7-14)12(10)13-15-8-3-9-16-13/h2,4,10-14H,3,5-9H2,1H3/t10-,11-,12-/m1/s1. The summed E-state index contributed by atoms with van der Waals surface area (Å²) in [6.45, 7) is 2.70. The van der Waals surface area contributed by atoms with E-state index >= 15 is 0 Å². The van der Waals surface area contributed by atoms with Crippen molar-refractivity contribution in [2.75, 3.05) is 18.1 Å². The van der Waals surface area contributed by atoms with Crippen LogP contribution in [0.5, 0.6) is 0 Å². The molecule has 1 heterocycles. The first-order valence-electron chi connectivity index (χ1n) is 6.33. The third-order valence-corrected chi connectivity index (χ3v) is 6.85. The highest BCUT2D eigenvalue weighted by atomic mass is 32.2. The van der Waals surface area contributed by atoms with Crippen LogP contribution in [0.4, 0.5) is 0 Å². The highest BCUT2D eigenvalue weighted by Crippen LogP contribution is 2.46. The van der Waals surface area contributed by atoms with Crippen LogP contribution in [-0.2, 0) is 0 Å². The van der Waals surface area contributed by atoms with E-state index in [0.29, 0.717) is 18.4 Å². The zero-order chi connectivity index (χ0) is 11.4. The maximum Gasteiger partial charge on any atom is 0.0538 e. The van der Waals surface area contributed by atoms with E-state index in [1.54, 1.807) is 0 Å². The van der Waals surface area contributed by atoms with E-state index in [1.807, 2.05) is 0 Å². The van der Waals surface area contributed by atoms with Crippen molar-refractivity contribution in [3.63, 3.8) is 0 Å². The Balaban J connectivity index is 2.03. The molecule has 0 saturated carbocycles. The summed E-state index contributed by atoms with van der Waals surface area (Å²) in [5.74, 6) is 4.82. The molecule has 1 N–H and O–H groups in total. The maximum absolute atomic E-state index is 9.18. The highest BCUT2D eigenvalue weighted by Gasteiger charge is 2.35. The summed E-state index contributed by atoms with van der Waals surface area (Å²) in [6, 6.07) is 0. The first-order valence-corrected chi connectivity index (χ1v) is 8.43. The molecule has 3 heteroatoms. The lowest BCUT2D eigenvalue weighted by atomic mass is 9.76. The Labute approximate surface area is 107 Å². The van der Waals surface area contributed by atoms with Gasteiger partial charge in [-0.05, 0) is 48.5 Å². The van der Waals surface area contributed by atoms with Crippen LogP contribution in [0.1, 0.15) is 26.2 Å². The van der Waals surface area contributed by atoms with Crippen LogP contribution in [0, 0.1) is 17.8 Å². The van der Waals surface area contributed by atoms with Crippen molar-refractivity contribution in [3.8, 4) is 0 Å². The van der Waals surface area contributed by atoms with Gasteiger partial charge in [0.25, 0.3) is 0 Å². The lowest BCUT2D eigenvalue weighted by Crippen LogP contribution is -2.33. The normalized spacial score (nSPS) is 36.5. The molecular formula is C13H22OS2. The molecule has 0 bridgehead atoms. The minimum atomic E-state index is 0.351. The van der Waals surface area contributed by atoms with Gasteiger partial charge in [-0.25, -0.2) is 0 Å². The molecular weight excluding hydrogens is 236 g/mol. The van der Waals surface area contributed by atoms with Gasteiger partial charge in [-0.2, -0.15) is 0 Å². The number of aliphatic hydroxyl groups is 1. The molecule has 0 spiro atoms. The number of rotatable bonds is 3. The Bertz CT molecular complexity index is 236. The summed E-state index contributed by atoms with van der Waals surface area (Å²) in [5.41, 5.74) is 0. The fraction of sp³-hybridized carbons (Fsp3) is 0.846. The highest BCUT2D eigenvalue weighted by molar-refractivity contribution is 8.17. The first-order chi connectivity index (χ1) is 7.83. The molecule has 1 aliphatic carbocycles. The van der Waals surface area contributed by atoms with Gasteiger partial charge in [-0.1, -0.05) is 19.1 Å². The van der Waals surface area contributed by atoms with Crippen LogP contribution < -0.4 is 0 Å². The second-order valence-corrected chi connectivity index (χ2v) is 7.63. The van der Waals surface area contributed by atoms with E-state index in [2.05, 4.69) is 42.6 Å². The second kappa shape index (κ2) is 6.36. The van der Waals surface area contributed by atoms with Gasteiger partial charge in [-0.3, -0.25) is 0 Å².